The van der Waals surface area contributed by atoms with Gasteiger partial charge in [0.25, 0.3) is 0 Å². The summed E-state index contributed by atoms with van der Waals surface area (Å²) >= 11 is 3.58. The molecule has 2 rings (SSSR count). The average Bonchev–Trinajstić information content (AvgIpc) is 2.80. The van der Waals surface area contributed by atoms with Crippen molar-refractivity contribution >= 4 is 15.9 Å². The molecule has 1 aliphatic heterocycles. The van der Waals surface area contributed by atoms with Gasteiger partial charge in [0.15, 0.2) is 0 Å². The lowest BCUT2D eigenvalue weighted by Crippen LogP contribution is -2.15. The summed E-state index contributed by atoms with van der Waals surface area (Å²) in [5.74, 6) is 2.17. The molecule has 0 saturated carbocycles. The Morgan fingerprint density at radius 2 is 2.29 bits per heavy atom. The molecule has 0 amide bonds. The van der Waals surface area contributed by atoms with Crippen LogP contribution in [0.3, 0.4) is 0 Å². The molecule has 3 heteroatoms. The van der Waals surface area contributed by atoms with E-state index in [-0.39, 0.29) is 0 Å². The van der Waals surface area contributed by atoms with Crippen LogP contribution in [0.5, 0.6) is 5.75 Å². The predicted octanol–water partition coefficient (Wildman–Crippen LogP) is 3.56. The summed E-state index contributed by atoms with van der Waals surface area (Å²) < 4.78 is 6.93. The van der Waals surface area contributed by atoms with Crippen molar-refractivity contribution in [3.05, 3.63) is 28.2 Å². The summed E-state index contributed by atoms with van der Waals surface area (Å²) in [6.07, 6.45) is 1.22. The smallest absolute Gasteiger partial charge is 0.133 e. The van der Waals surface area contributed by atoms with Crippen LogP contribution in [-0.4, -0.2) is 19.7 Å². The lowest BCUT2D eigenvalue weighted by Gasteiger charge is -2.14. The first-order valence-electron chi connectivity index (χ1n) is 6.30. The van der Waals surface area contributed by atoms with Gasteiger partial charge in [0.05, 0.1) is 11.1 Å². The minimum Gasteiger partial charge on any atom is -0.492 e. The van der Waals surface area contributed by atoms with Gasteiger partial charge in [0.2, 0.25) is 0 Å². The van der Waals surface area contributed by atoms with Gasteiger partial charge in [0.1, 0.15) is 5.75 Å². The number of nitrogens with one attached hydrogen (secondary N) is 1. The zero-order chi connectivity index (χ0) is 12.3. The molecule has 0 bridgehead atoms. The standard InChI is InChI=1S/C14H20BrNO/c1-10(2)12-3-4-14(13(15)7-12)17-9-11-5-6-16-8-11/h3-4,7,10-11,16H,5-6,8-9H2,1-2H3/t11-/m1/s1. The highest BCUT2D eigenvalue weighted by Crippen LogP contribution is 2.29. The summed E-state index contributed by atoms with van der Waals surface area (Å²) in [4.78, 5) is 0. The zero-order valence-corrected chi connectivity index (χ0v) is 12.1. The third-order valence-electron chi connectivity index (χ3n) is 3.26. The second kappa shape index (κ2) is 5.87. The van der Waals surface area contributed by atoms with Crippen LogP contribution in [0.4, 0.5) is 0 Å². The van der Waals surface area contributed by atoms with Crippen LogP contribution in [0.25, 0.3) is 0 Å². The third-order valence-corrected chi connectivity index (χ3v) is 3.88. The quantitative estimate of drug-likeness (QED) is 0.917. The van der Waals surface area contributed by atoms with E-state index in [9.17, 15) is 0 Å². The molecule has 1 saturated heterocycles. The van der Waals surface area contributed by atoms with Gasteiger partial charge in [-0.25, -0.2) is 0 Å². The Balaban J connectivity index is 1.96. The molecule has 0 aromatic heterocycles. The van der Waals surface area contributed by atoms with Crippen LogP contribution >= 0.6 is 15.9 Å². The average molecular weight is 298 g/mol. The van der Waals surface area contributed by atoms with Gasteiger partial charge in [-0.05, 0) is 52.5 Å². The highest BCUT2D eigenvalue weighted by atomic mass is 79.9. The summed E-state index contributed by atoms with van der Waals surface area (Å²) in [7, 11) is 0. The van der Waals surface area contributed by atoms with E-state index in [0.29, 0.717) is 11.8 Å². The van der Waals surface area contributed by atoms with Crippen LogP contribution in [-0.2, 0) is 0 Å². The van der Waals surface area contributed by atoms with Crippen molar-refractivity contribution in [1.29, 1.82) is 0 Å². The molecule has 0 aliphatic carbocycles. The lowest BCUT2D eigenvalue weighted by atomic mass is 10.0. The normalized spacial score (nSPS) is 19.9. The Morgan fingerprint density at radius 3 is 2.88 bits per heavy atom. The van der Waals surface area contributed by atoms with E-state index in [2.05, 4.69) is 53.3 Å². The van der Waals surface area contributed by atoms with Gasteiger partial charge in [0, 0.05) is 12.5 Å². The van der Waals surface area contributed by atoms with E-state index >= 15 is 0 Å². The maximum Gasteiger partial charge on any atom is 0.133 e. The van der Waals surface area contributed by atoms with Crippen molar-refractivity contribution in [3.63, 3.8) is 0 Å². The Labute approximate surface area is 112 Å². The molecule has 17 heavy (non-hydrogen) atoms. The number of hydrogen-bond donors (Lipinski definition) is 1. The molecule has 1 fully saturated rings. The highest BCUT2D eigenvalue weighted by molar-refractivity contribution is 9.10. The first-order valence-corrected chi connectivity index (χ1v) is 7.09. The molecular formula is C14H20BrNO. The topological polar surface area (TPSA) is 21.3 Å². The second-order valence-electron chi connectivity index (χ2n) is 5.01. The Kier molecular flexibility index (Phi) is 4.46. The first-order chi connectivity index (χ1) is 8.16. The maximum absolute atomic E-state index is 5.87. The summed E-state index contributed by atoms with van der Waals surface area (Å²) in [6.45, 7) is 7.43. The third kappa shape index (κ3) is 3.46. The molecule has 1 atom stereocenters. The van der Waals surface area contributed by atoms with Crippen molar-refractivity contribution in [2.45, 2.75) is 26.2 Å². The van der Waals surface area contributed by atoms with Crippen molar-refractivity contribution in [2.75, 3.05) is 19.7 Å². The van der Waals surface area contributed by atoms with Gasteiger partial charge in [-0.15, -0.1) is 0 Å². The molecule has 1 heterocycles. The monoisotopic (exact) mass is 297 g/mol. The van der Waals surface area contributed by atoms with Crippen molar-refractivity contribution in [3.8, 4) is 5.75 Å². The zero-order valence-electron chi connectivity index (χ0n) is 10.5. The largest absolute Gasteiger partial charge is 0.492 e. The molecule has 0 radical (unpaired) electrons. The minimum atomic E-state index is 0.555. The number of halogens is 1. The molecule has 1 aliphatic rings. The van der Waals surface area contributed by atoms with E-state index in [0.717, 1.165) is 29.9 Å². The highest BCUT2D eigenvalue weighted by Gasteiger charge is 2.15. The molecule has 1 aromatic rings. The minimum absolute atomic E-state index is 0.555. The number of hydrogen-bond acceptors (Lipinski definition) is 2. The van der Waals surface area contributed by atoms with E-state index in [1.54, 1.807) is 0 Å². The van der Waals surface area contributed by atoms with Gasteiger partial charge in [-0.2, -0.15) is 0 Å². The van der Waals surface area contributed by atoms with E-state index in [4.69, 9.17) is 4.74 Å². The first kappa shape index (κ1) is 12.9. The summed E-state index contributed by atoms with van der Waals surface area (Å²) in [5.41, 5.74) is 1.34. The lowest BCUT2D eigenvalue weighted by molar-refractivity contribution is 0.258. The van der Waals surface area contributed by atoms with Gasteiger partial charge < -0.3 is 10.1 Å². The van der Waals surface area contributed by atoms with Crippen molar-refractivity contribution < 1.29 is 4.74 Å². The van der Waals surface area contributed by atoms with E-state index in [1.807, 2.05) is 0 Å². The van der Waals surface area contributed by atoms with Gasteiger partial charge in [-0.1, -0.05) is 19.9 Å². The fourth-order valence-electron chi connectivity index (χ4n) is 2.06. The van der Waals surface area contributed by atoms with E-state index < -0.39 is 0 Å². The fourth-order valence-corrected chi connectivity index (χ4v) is 2.57. The molecule has 1 N–H and O–H groups in total. The number of benzene rings is 1. The molecule has 1 aromatic carbocycles. The van der Waals surface area contributed by atoms with Crippen molar-refractivity contribution in [1.82, 2.24) is 5.32 Å². The second-order valence-corrected chi connectivity index (χ2v) is 5.87. The maximum atomic E-state index is 5.87. The summed E-state index contributed by atoms with van der Waals surface area (Å²) in [5, 5.41) is 3.36. The number of ether oxygens (including phenoxy) is 1. The number of rotatable bonds is 4. The van der Waals surface area contributed by atoms with Crippen LogP contribution in [0.1, 0.15) is 31.7 Å². The van der Waals surface area contributed by atoms with Crippen LogP contribution < -0.4 is 10.1 Å². The Hall–Kier alpha value is -0.540. The molecule has 0 unspecified atom stereocenters. The van der Waals surface area contributed by atoms with Crippen LogP contribution in [0, 0.1) is 5.92 Å². The SMILES string of the molecule is CC(C)c1ccc(OC[C@@H]2CCNC2)c(Br)c1. The van der Waals surface area contributed by atoms with Gasteiger partial charge >= 0.3 is 0 Å². The predicted molar refractivity (Wildman–Crippen MR) is 74.7 cm³/mol. The van der Waals surface area contributed by atoms with Gasteiger partial charge in [-0.3, -0.25) is 0 Å². The van der Waals surface area contributed by atoms with Crippen LogP contribution in [0.15, 0.2) is 22.7 Å². The molecule has 2 nitrogen and oxygen atoms in total. The Morgan fingerprint density at radius 1 is 1.47 bits per heavy atom. The fraction of sp³-hybridized carbons (Fsp3) is 0.571. The molecular weight excluding hydrogens is 278 g/mol. The summed E-state index contributed by atoms with van der Waals surface area (Å²) in [6, 6.07) is 6.38. The van der Waals surface area contributed by atoms with E-state index in [1.165, 1.54) is 12.0 Å². The van der Waals surface area contributed by atoms with Crippen molar-refractivity contribution in [2.24, 2.45) is 5.92 Å². The van der Waals surface area contributed by atoms with Crippen LogP contribution in [0.2, 0.25) is 0 Å². The molecule has 94 valence electrons. The molecule has 0 spiro atoms. The Bertz CT molecular complexity index is 372.